The lowest BCUT2D eigenvalue weighted by Crippen LogP contribution is -2.02. The van der Waals surface area contributed by atoms with Crippen LogP contribution in [0.4, 0.5) is 5.69 Å². The molecule has 0 fully saturated rings. The Morgan fingerprint density at radius 2 is 1.86 bits per heavy atom. The van der Waals surface area contributed by atoms with Crippen molar-refractivity contribution >= 4 is 11.5 Å². The van der Waals surface area contributed by atoms with Crippen LogP contribution in [0.3, 0.4) is 0 Å². The van der Waals surface area contributed by atoms with Crippen LogP contribution in [0.2, 0.25) is 0 Å². The van der Waals surface area contributed by atoms with E-state index in [2.05, 4.69) is 5.10 Å². The molecule has 0 saturated carbocycles. The number of hydrogen-bond donors (Lipinski definition) is 1. The first-order valence-electron chi connectivity index (χ1n) is 6.65. The number of nitrogens with two attached hydrogens (primary N) is 1. The highest BCUT2D eigenvalue weighted by Crippen LogP contribution is 2.16. The molecule has 1 heterocycles. The molecule has 3 rings (SSSR count). The Morgan fingerprint density at radius 3 is 2.57 bits per heavy atom. The van der Waals surface area contributed by atoms with Gasteiger partial charge in [0.15, 0.2) is 5.78 Å². The second kappa shape index (κ2) is 5.25. The fourth-order valence-electron chi connectivity index (χ4n) is 2.27. The Morgan fingerprint density at radius 1 is 1.10 bits per heavy atom. The molecule has 0 spiro atoms. The number of anilines is 1. The van der Waals surface area contributed by atoms with Gasteiger partial charge in [0.1, 0.15) is 0 Å². The first kappa shape index (κ1) is 13.1. The predicted molar refractivity (Wildman–Crippen MR) is 82.6 cm³/mol. The second-order valence-electron chi connectivity index (χ2n) is 4.97. The largest absolute Gasteiger partial charge is 0.399 e. The van der Waals surface area contributed by atoms with Gasteiger partial charge < -0.3 is 5.73 Å². The topological polar surface area (TPSA) is 60.9 Å². The summed E-state index contributed by atoms with van der Waals surface area (Å²) in [6, 6.07) is 15.0. The first-order valence-corrected chi connectivity index (χ1v) is 6.65. The molecular weight excluding hydrogens is 262 g/mol. The molecular formula is C17H15N3O. The van der Waals surface area contributed by atoms with E-state index in [1.807, 2.05) is 49.4 Å². The van der Waals surface area contributed by atoms with Crippen LogP contribution in [0.25, 0.3) is 5.69 Å². The van der Waals surface area contributed by atoms with Crippen LogP contribution in [-0.4, -0.2) is 15.6 Å². The van der Waals surface area contributed by atoms with Crippen molar-refractivity contribution in [1.29, 1.82) is 0 Å². The smallest absolute Gasteiger partial charge is 0.196 e. The molecule has 0 bridgehead atoms. The number of carbonyl (C=O) groups excluding carboxylic acids is 1. The van der Waals surface area contributed by atoms with E-state index in [1.165, 1.54) is 0 Å². The number of para-hydroxylation sites is 1. The maximum Gasteiger partial charge on any atom is 0.196 e. The highest BCUT2D eigenvalue weighted by atomic mass is 16.1. The molecule has 2 N–H and O–H groups in total. The average molecular weight is 277 g/mol. The minimum atomic E-state index is -0.0763. The highest BCUT2D eigenvalue weighted by molar-refractivity contribution is 6.09. The standard InChI is InChI=1S/C17H15N3O/c1-12-7-13(9-15(18)8-12)17(21)14-10-19-20(11-14)16-5-3-2-4-6-16/h2-11H,18H2,1H3. The molecule has 21 heavy (non-hydrogen) atoms. The lowest BCUT2D eigenvalue weighted by Gasteiger charge is -2.02. The molecule has 0 amide bonds. The van der Waals surface area contributed by atoms with Gasteiger partial charge in [-0.25, -0.2) is 4.68 Å². The monoisotopic (exact) mass is 277 g/mol. The quantitative estimate of drug-likeness (QED) is 0.591. The van der Waals surface area contributed by atoms with Gasteiger partial charge in [-0.2, -0.15) is 5.10 Å². The van der Waals surface area contributed by atoms with Crippen LogP contribution in [0.5, 0.6) is 0 Å². The zero-order valence-electron chi connectivity index (χ0n) is 11.7. The van der Waals surface area contributed by atoms with E-state index in [-0.39, 0.29) is 5.78 Å². The van der Waals surface area contributed by atoms with Crippen molar-refractivity contribution in [2.45, 2.75) is 6.92 Å². The van der Waals surface area contributed by atoms with Gasteiger partial charge in [0.05, 0.1) is 17.4 Å². The van der Waals surface area contributed by atoms with E-state index >= 15 is 0 Å². The number of rotatable bonds is 3. The van der Waals surface area contributed by atoms with E-state index in [1.54, 1.807) is 23.1 Å². The number of ketones is 1. The van der Waals surface area contributed by atoms with Crippen LogP contribution < -0.4 is 5.73 Å². The second-order valence-corrected chi connectivity index (χ2v) is 4.97. The molecule has 104 valence electrons. The lowest BCUT2D eigenvalue weighted by atomic mass is 10.0. The van der Waals surface area contributed by atoms with E-state index in [9.17, 15) is 4.79 Å². The first-order chi connectivity index (χ1) is 10.1. The summed E-state index contributed by atoms with van der Waals surface area (Å²) in [7, 11) is 0. The summed E-state index contributed by atoms with van der Waals surface area (Å²) in [6.07, 6.45) is 3.31. The number of nitrogens with zero attached hydrogens (tertiary/aromatic N) is 2. The molecule has 1 aromatic heterocycles. The third kappa shape index (κ3) is 2.69. The number of aromatic nitrogens is 2. The van der Waals surface area contributed by atoms with Crippen molar-refractivity contribution in [1.82, 2.24) is 9.78 Å². The SMILES string of the molecule is Cc1cc(N)cc(C(=O)c2cnn(-c3ccccc3)c2)c1. The Labute approximate surface area is 122 Å². The van der Waals surface area contributed by atoms with E-state index in [0.29, 0.717) is 16.8 Å². The number of aryl methyl sites for hydroxylation is 1. The molecule has 0 atom stereocenters. The number of hydrogen-bond acceptors (Lipinski definition) is 3. The highest BCUT2D eigenvalue weighted by Gasteiger charge is 2.13. The normalized spacial score (nSPS) is 10.5. The van der Waals surface area contributed by atoms with Crippen molar-refractivity contribution in [3.8, 4) is 5.69 Å². The summed E-state index contributed by atoms with van der Waals surface area (Å²) >= 11 is 0. The van der Waals surface area contributed by atoms with Gasteiger partial charge in [-0.1, -0.05) is 18.2 Å². The van der Waals surface area contributed by atoms with Crippen LogP contribution in [0.1, 0.15) is 21.5 Å². The molecule has 4 heteroatoms. The number of carbonyl (C=O) groups is 1. The Bertz CT molecular complexity index is 771. The van der Waals surface area contributed by atoms with Crippen molar-refractivity contribution in [3.05, 3.63) is 77.6 Å². The third-order valence-corrected chi connectivity index (χ3v) is 3.23. The summed E-state index contributed by atoms with van der Waals surface area (Å²) in [5.74, 6) is -0.0763. The molecule has 0 aliphatic rings. The van der Waals surface area contributed by atoms with Gasteiger partial charge in [0.2, 0.25) is 0 Å². The molecule has 0 radical (unpaired) electrons. The van der Waals surface area contributed by atoms with Gasteiger partial charge in [0.25, 0.3) is 0 Å². The fraction of sp³-hybridized carbons (Fsp3) is 0.0588. The van der Waals surface area contributed by atoms with Crippen LogP contribution >= 0.6 is 0 Å². The van der Waals surface area contributed by atoms with Crippen molar-refractivity contribution < 1.29 is 4.79 Å². The van der Waals surface area contributed by atoms with Gasteiger partial charge in [-0.15, -0.1) is 0 Å². The fourth-order valence-corrected chi connectivity index (χ4v) is 2.27. The van der Waals surface area contributed by atoms with Gasteiger partial charge in [-0.3, -0.25) is 4.79 Å². The molecule has 0 aliphatic carbocycles. The summed E-state index contributed by atoms with van der Waals surface area (Å²) < 4.78 is 1.69. The maximum atomic E-state index is 12.5. The van der Waals surface area contributed by atoms with Crippen LogP contribution in [0, 0.1) is 6.92 Å². The summed E-state index contributed by atoms with van der Waals surface area (Å²) in [6.45, 7) is 1.92. The van der Waals surface area contributed by atoms with E-state index < -0.39 is 0 Å². The molecule has 0 aliphatic heterocycles. The van der Waals surface area contributed by atoms with E-state index in [0.717, 1.165) is 11.3 Å². The molecule has 0 saturated heterocycles. The lowest BCUT2D eigenvalue weighted by molar-refractivity contribution is 0.103. The summed E-state index contributed by atoms with van der Waals surface area (Å²) in [5.41, 5.74) is 9.40. The predicted octanol–water partition coefficient (Wildman–Crippen LogP) is 2.99. The Kier molecular flexibility index (Phi) is 3.28. The average Bonchev–Trinajstić information content (AvgIpc) is 2.96. The Balaban J connectivity index is 1.94. The zero-order chi connectivity index (χ0) is 14.8. The molecule has 2 aromatic carbocycles. The number of nitrogen functional groups attached to an aromatic ring is 1. The Hall–Kier alpha value is -2.88. The maximum absolute atomic E-state index is 12.5. The van der Waals surface area contributed by atoms with Gasteiger partial charge in [-0.05, 0) is 42.8 Å². The zero-order valence-corrected chi connectivity index (χ0v) is 11.7. The molecule has 0 unspecified atom stereocenters. The van der Waals surface area contributed by atoms with Crippen LogP contribution in [-0.2, 0) is 0 Å². The van der Waals surface area contributed by atoms with E-state index in [4.69, 9.17) is 5.73 Å². The van der Waals surface area contributed by atoms with Gasteiger partial charge in [0, 0.05) is 17.4 Å². The van der Waals surface area contributed by atoms with Crippen LogP contribution in [0.15, 0.2) is 60.9 Å². The van der Waals surface area contributed by atoms with Crippen molar-refractivity contribution in [3.63, 3.8) is 0 Å². The molecule has 4 nitrogen and oxygen atoms in total. The molecule has 3 aromatic rings. The summed E-state index contributed by atoms with van der Waals surface area (Å²) in [5, 5.41) is 4.24. The van der Waals surface area contributed by atoms with Crippen molar-refractivity contribution in [2.75, 3.05) is 5.73 Å². The third-order valence-electron chi connectivity index (χ3n) is 3.23. The summed E-state index contributed by atoms with van der Waals surface area (Å²) in [4.78, 5) is 12.5. The number of benzene rings is 2. The minimum Gasteiger partial charge on any atom is -0.399 e. The van der Waals surface area contributed by atoms with Crippen molar-refractivity contribution in [2.24, 2.45) is 0 Å². The van der Waals surface area contributed by atoms with Gasteiger partial charge >= 0.3 is 0 Å². The minimum absolute atomic E-state index is 0.0763.